The summed E-state index contributed by atoms with van der Waals surface area (Å²) in [6, 6.07) is 8.51. The number of rotatable bonds is 2. The number of hydrogen-bond donors (Lipinski definition) is 1. The molecule has 2 heteroatoms. The Morgan fingerprint density at radius 1 is 1.00 bits per heavy atom. The number of hydrogen-bond acceptors (Lipinski definition) is 2. The summed E-state index contributed by atoms with van der Waals surface area (Å²) in [5.41, 5.74) is 11.8. The number of nitrogens with zero attached hydrogens (tertiary/aromatic N) is 1. The first-order valence-corrected chi connectivity index (χ1v) is 6.20. The number of pyridine rings is 1. The molecule has 2 nitrogen and oxygen atoms in total. The van der Waals surface area contributed by atoms with Gasteiger partial charge in [-0.25, -0.2) is 0 Å². The molecule has 18 heavy (non-hydrogen) atoms. The third-order valence-corrected chi connectivity index (χ3v) is 3.43. The standard InChI is InChI=1S/C16H20N2/c1-11-5-6-13(3)15(8-11)16(4,17)14-7-12(2)9-18-10-14/h5-10H,17H2,1-4H3. The second kappa shape index (κ2) is 4.54. The van der Waals surface area contributed by atoms with Crippen molar-refractivity contribution in [2.75, 3.05) is 0 Å². The Labute approximate surface area is 109 Å². The predicted molar refractivity (Wildman–Crippen MR) is 75.5 cm³/mol. The second-order valence-corrected chi connectivity index (χ2v) is 5.27. The van der Waals surface area contributed by atoms with E-state index in [9.17, 15) is 0 Å². The van der Waals surface area contributed by atoms with Crippen molar-refractivity contribution in [3.8, 4) is 0 Å². The molecule has 1 unspecified atom stereocenters. The number of nitrogens with two attached hydrogens (primary N) is 1. The average Bonchev–Trinajstić information content (AvgIpc) is 2.32. The van der Waals surface area contributed by atoms with E-state index in [0.29, 0.717) is 0 Å². The molecule has 0 aliphatic heterocycles. The number of benzene rings is 1. The van der Waals surface area contributed by atoms with Crippen LogP contribution < -0.4 is 5.73 Å². The van der Waals surface area contributed by atoms with Crippen LogP contribution in [0.2, 0.25) is 0 Å². The lowest BCUT2D eigenvalue weighted by Gasteiger charge is -2.28. The van der Waals surface area contributed by atoms with E-state index in [4.69, 9.17) is 5.73 Å². The topological polar surface area (TPSA) is 38.9 Å². The monoisotopic (exact) mass is 240 g/mol. The van der Waals surface area contributed by atoms with Crippen molar-refractivity contribution in [2.24, 2.45) is 5.73 Å². The van der Waals surface area contributed by atoms with Crippen LogP contribution in [0.5, 0.6) is 0 Å². The fourth-order valence-electron chi connectivity index (χ4n) is 2.29. The van der Waals surface area contributed by atoms with Crippen molar-refractivity contribution < 1.29 is 0 Å². The van der Waals surface area contributed by atoms with Crippen molar-refractivity contribution in [1.82, 2.24) is 4.98 Å². The Hall–Kier alpha value is -1.67. The number of aromatic nitrogens is 1. The maximum atomic E-state index is 6.56. The molecule has 0 saturated heterocycles. The highest BCUT2D eigenvalue weighted by atomic mass is 14.7. The molecule has 1 aromatic heterocycles. The van der Waals surface area contributed by atoms with Gasteiger partial charge in [-0.3, -0.25) is 4.98 Å². The fraction of sp³-hybridized carbons (Fsp3) is 0.312. The third-order valence-electron chi connectivity index (χ3n) is 3.43. The third kappa shape index (κ3) is 2.29. The predicted octanol–water partition coefficient (Wildman–Crippen LogP) is 3.23. The molecule has 1 heterocycles. The minimum absolute atomic E-state index is 0.505. The maximum absolute atomic E-state index is 6.56. The van der Waals surface area contributed by atoms with E-state index in [0.717, 1.165) is 16.7 Å². The highest BCUT2D eigenvalue weighted by Crippen LogP contribution is 2.29. The largest absolute Gasteiger partial charge is 0.318 e. The molecular formula is C16H20N2. The summed E-state index contributed by atoms with van der Waals surface area (Å²) in [6.45, 7) is 8.28. The Morgan fingerprint density at radius 3 is 2.39 bits per heavy atom. The van der Waals surface area contributed by atoms with E-state index in [1.54, 1.807) is 0 Å². The van der Waals surface area contributed by atoms with Gasteiger partial charge in [0.1, 0.15) is 0 Å². The van der Waals surface area contributed by atoms with Gasteiger partial charge in [0.05, 0.1) is 5.54 Å². The second-order valence-electron chi connectivity index (χ2n) is 5.27. The maximum Gasteiger partial charge on any atom is 0.0654 e. The summed E-state index contributed by atoms with van der Waals surface area (Å²) in [7, 11) is 0. The molecular weight excluding hydrogens is 220 g/mol. The molecule has 0 saturated carbocycles. The average molecular weight is 240 g/mol. The molecule has 0 aliphatic rings. The van der Waals surface area contributed by atoms with Gasteiger partial charge in [0.25, 0.3) is 0 Å². The summed E-state index contributed by atoms with van der Waals surface area (Å²) in [5.74, 6) is 0. The smallest absolute Gasteiger partial charge is 0.0654 e. The molecule has 1 aromatic carbocycles. The molecule has 0 spiro atoms. The first kappa shape index (κ1) is 12.8. The van der Waals surface area contributed by atoms with Crippen LogP contribution in [0, 0.1) is 20.8 Å². The zero-order chi connectivity index (χ0) is 13.3. The van der Waals surface area contributed by atoms with Crippen molar-refractivity contribution >= 4 is 0 Å². The highest BCUT2D eigenvalue weighted by Gasteiger charge is 2.25. The van der Waals surface area contributed by atoms with Crippen LogP contribution in [0.3, 0.4) is 0 Å². The summed E-state index contributed by atoms with van der Waals surface area (Å²) in [6.07, 6.45) is 3.71. The molecule has 2 N–H and O–H groups in total. The lowest BCUT2D eigenvalue weighted by Crippen LogP contribution is -2.35. The van der Waals surface area contributed by atoms with Gasteiger partial charge >= 0.3 is 0 Å². The summed E-state index contributed by atoms with van der Waals surface area (Å²) in [4.78, 5) is 4.25. The van der Waals surface area contributed by atoms with Crippen molar-refractivity contribution in [3.63, 3.8) is 0 Å². The molecule has 2 aromatic rings. The minimum atomic E-state index is -0.505. The Morgan fingerprint density at radius 2 is 1.72 bits per heavy atom. The molecule has 1 atom stereocenters. The SMILES string of the molecule is Cc1cncc(C(C)(N)c2cc(C)ccc2C)c1. The van der Waals surface area contributed by atoms with E-state index >= 15 is 0 Å². The summed E-state index contributed by atoms with van der Waals surface area (Å²) >= 11 is 0. The first-order chi connectivity index (χ1) is 8.41. The Kier molecular flexibility index (Phi) is 3.22. The van der Waals surface area contributed by atoms with Gasteiger partial charge in [-0.1, -0.05) is 29.8 Å². The van der Waals surface area contributed by atoms with Gasteiger partial charge in [0, 0.05) is 12.4 Å². The molecule has 0 fully saturated rings. The van der Waals surface area contributed by atoms with Crippen LogP contribution in [0.15, 0.2) is 36.7 Å². The van der Waals surface area contributed by atoms with E-state index in [1.807, 2.05) is 26.2 Å². The molecule has 0 bridgehead atoms. The Bertz CT molecular complexity index is 571. The molecule has 0 amide bonds. The molecule has 94 valence electrons. The van der Waals surface area contributed by atoms with Crippen LogP contribution in [-0.2, 0) is 5.54 Å². The van der Waals surface area contributed by atoms with Crippen LogP contribution in [0.25, 0.3) is 0 Å². The lowest BCUT2D eigenvalue weighted by molar-refractivity contribution is 0.595. The number of aryl methyl sites for hydroxylation is 3. The van der Waals surface area contributed by atoms with Crippen molar-refractivity contribution in [3.05, 3.63) is 64.5 Å². The summed E-state index contributed by atoms with van der Waals surface area (Å²) < 4.78 is 0. The van der Waals surface area contributed by atoms with E-state index in [-0.39, 0.29) is 0 Å². The Balaban J connectivity index is 2.57. The zero-order valence-electron chi connectivity index (χ0n) is 11.5. The van der Waals surface area contributed by atoms with Crippen molar-refractivity contribution in [2.45, 2.75) is 33.2 Å². The van der Waals surface area contributed by atoms with Gasteiger partial charge in [-0.15, -0.1) is 0 Å². The first-order valence-electron chi connectivity index (χ1n) is 6.20. The van der Waals surface area contributed by atoms with Gasteiger partial charge in [-0.2, -0.15) is 0 Å². The van der Waals surface area contributed by atoms with Crippen LogP contribution in [0.4, 0.5) is 0 Å². The van der Waals surface area contributed by atoms with Crippen LogP contribution >= 0.6 is 0 Å². The van der Waals surface area contributed by atoms with Gasteiger partial charge < -0.3 is 5.73 Å². The lowest BCUT2D eigenvalue weighted by atomic mass is 9.83. The van der Waals surface area contributed by atoms with E-state index < -0.39 is 5.54 Å². The van der Waals surface area contributed by atoms with Gasteiger partial charge in [-0.05, 0) is 49.9 Å². The van der Waals surface area contributed by atoms with Gasteiger partial charge in [0.15, 0.2) is 0 Å². The van der Waals surface area contributed by atoms with Crippen molar-refractivity contribution in [1.29, 1.82) is 0 Å². The minimum Gasteiger partial charge on any atom is -0.318 e. The van der Waals surface area contributed by atoms with E-state index in [1.165, 1.54) is 11.1 Å². The molecule has 0 radical (unpaired) electrons. The molecule has 2 rings (SSSR count). The van der Waals surface area contributed by atoms with Crippen LogP contribution in [0.1, 0.15) is 34.7 Å². The fourth-order valence-corrected chi connectivity index (χ4v) is 2.29. The van der Waals surface area contributed by atoms with E-state index in [2.05, 4.69) is 43.1 Å². The summed E-state index contributed by atoms with van der Waals surface area (Å²) in [5, 5.41) is 0. The zero-order valence-corrected chi connectivity index (χ0v) is 11.5. The molecule has 0 aliphatic carbocycles. The highest BCUT2D eigenvalue weighted by molar-refractivity contribution is 5.43. The normalized spacial score (nSPS) is 14.3. The van der Waals surface area contributed by atoms with Crippen LogP contribution in [-0.4, -0.2) is 4.98 Å². The van der Waals surface area contributed by atoms with Gasteiger partial charge in [0.2, 0.25) is 0 Å². The quantitative estimate of drug-likeness (QED) is 0.875.